The molecule has 4 heteroatoms. The summed E-state index contributed by atoms with van der Waals surface area (Å²) in [5, 5.41) is 7.34. The van der Waals surface area contributed by atoms with Crippen LogP contribution in [0, 0.1) is 0 Å². The molecule has 0 aliphatic heterocycles. The first-order valence-corrected chi connectivity index (χ1v) is 8.99. The second-order valence-corrected chi connectivity index (χ2v) is 7.22. The summed E-state index contributed by atoms with van der Waals surface area (Å²) < 4.78 is 0. The highest BCUT2D eigenvalue weighted by Gasteiger charge is 2.34. The molecule has 0 bridgehead atoms. The number of carbonyl (C=O) groups excluding carboxylic acids is 1. The van der Waals surface area contributed by atoms with E-state index in [9.17, 15) is 4.79 Å². The zero-order chi connectivity index (χ0) is 13.7. The normalized spacial score (nSPS) is 30.2. The molecule has 2 atom stereocenters. The molecule has 0 aromatic rings. The Kier molecular flexibility index (Phi) is 5.58. The summed E-state index contributed by atoms with van der Waals surface area (Å²) in [4.78, 5) is 12.3. The molecule has 2 aliphatic carbocycles. The van der Waals surface area contributed by atoms with Gasteiger partial charge in [0, 0.05) is 23.3 Å². The zero-order valence-corrected chi connectivity index (χ0v) is 13.2. The zero-order valence-electron chi connectivity index (χ0n) is 12.3. The third-order valence-electron chi connectivity index (χ3n) is 4.94. The Morgan fingerprint density at radius 3 is 2.58 bits per heavy atom. The maximum atomic E-state index is 12.3. The number of hydrogen-bond donors (Lipinski definition) is 2. The van der Waals surface area contributed by atoms with E-state index in [-0.39, 0.29) is 11.4 Å². The summed E-state index contributed by atoms with van der Waals surface area (Å²) in [7, 11) is 2.01. The van der Waals surface area contributed by atoms with Crippen LogP contribution in [0.5, 0.6) is 0 Å². The van der Waals surface area contributed by atoms with Crippen molar-refractivity contribution < 1.29 is 4.79 Å². The second kappa shape index (κ2) is 6.98. The Hall–Kier alpha value is -0.220. The van der Waals surface area contributed by atoms with Crippen molar-refractivity contribution >= 4 is 17.7 Å². The Morgan fingerprint density at radius 1 is 1.21 bits per heavy atom. The van der Waals surface area contributed by atoms with Gasteiger partial charge in [0.25, 0.3) is 0 Å². The van der Waals surface area contributed by atoms with Crippen LogP contribution in [0.4, 0.5) is 0 Å². The van der Waals surface area contributed by atoms with Crippen molar-refractivity contribution in [1.29, 1.82) is 0 Å². The quantitative estimate of drug-likeness (QED) is 0.815. The van der Waals surface area contributed by atoms with Gasteiger partial charge < -0.3 is 10.6 Å². The molecular weight excluding hydrogens is 256 g/mol. The van der Waals surface area contributed by atoms with E-state index in [1.165, 1.54) is 32.1 Å². The summed E-state index contributed by atoms with van der Waals surface area (Å²) in [6.07, 6.45) is 12.6. The summed E-state index contributed by atoms with van der Waals surface area (Å²) in [6, 6.07) is 0.403. The first kappa shape index (κ1) is 15.2. The van der Waals surface area contributed by atoms with Crippen molar-refractivity contribution in [2.24, 2.45) is 0 Å². The van der Waals surface area contributed by atoms with Gasteiger partial charge in [-0.05, 0) is 39.0 Å². The molecule has 0 saturated heterocycles. The molecule has 0 radical (unpaired) electrons. The van der Waals surface area contributed by atoms with Gasteiger partial charge in [0.15, 0.2) is 0 Å². The van der Waals surface area contributed by atoms with E-state index < -0.39 is 0 Å². The summed E-state index contributed by atoms with van der Waals surface area (Å²) >= 11 is 1.90. The largest absolute Gasteiger partial charge is 0.352 e. The fraction of sp³-hybridized carbons (Fsp3) is 0.933. The lowest BCUT2D eigenvalue weighted by Gasteiger charge is -2.37. The summed E-state index contributed by atoms with van der Waals surface area (Å²) in [6.45, 7) is 0. The van der Waals surface area contributed by atoms with Gasteiger partial charge in [0.1, 0.15) is 0 Å². The molecule has 0 aromatic heterocycles. The first-order chi connectivity index (χ1) is 9.19. The van der Waals surface area contributed by atoms with E-state index in [0.29, 0.717) is 17.7 Å². The van der Waals surface area contributed by atoms with Gasteiger partial charge >= 0.3 is 0 Å². The molecule has 2 rings (SSSR count). The van der Waals surface area contributed by atoms with Gasteiger partial charge in [-0.15, -0.1) is 0 Å². The fourth-order valence-electron chi connectivity index (χ4n) is 3.68. The third kappa shape index (κ3) is 3.88. The van der Waals surface area contributed by atoms with E-state index in [1.54, 1.807) is 0 Å². The molecule has 3 nitrogen and oxygen atoms in total. The average Bonchev–Trinajstić information content (AvgIpc) is 2.86. The molecule has 2 aliphatic rings. The van der Waals surface area contributed by atoms with Crippen molar-refractivity contribution in [3.05, 3.63) is 0 Å². The fourth-order valence-corrected chi connectivity index (χ4v) is 4.62. The molecule has 2 fully saturated rings. The van der Waals surface area contributed by atoms with Gasteiger partial charge in [-0.25, -0.2) is 0 Å². The highest BCUT2D eigenvalue weighted by atomic mass is 32.2. The maximum absolute atomic E-state index is 12.3. The number of carbonyl (C=O) groups is 1. The van der Waals surface area contributed by atoms with E-state index >= 15 is 0 Å². The summed E-state index contributed by atoms with van der Waals surface area (Å²) in [5.74, 6) is 0.252. The van der Waals surface area contributed by atoms with Crippen LogP contribution in [-0.2, 0) is 4.79 Å². The Bertz CT molecular complexity index is 303. The minimum Gasteiger partial charge on any atom is -0.352 e. The van der Waals surface area contributed by atoms with Crippen molar-refractivity contribution in [1.82, 2.24) is 10.6 Å². The van der Waals surface area contributed by atoms with Crippen LogP contribution in [-0.4, -0.2) is 36.0 Å². The first-order valence-electron chi connectivity index (χ1n) is 7.70. The Morgan fingerprint density at radius 2 is 1.95 bits per heavy atom. The predicted octanol–water partition coefficient (Wildman–Crippen LogP) is 2.70. The molecule has 0 aromatic carbocycles. The predicted molar refractivity (Wildman–Crippen MR) is 82.6 cm³/mol. The van der Waals surface area contributed by atoms with Crippen LogP contribution in [0.25, 0.3) is 0 Å². The molecule has 2 saturated carbocycles. The average molecular weight is 284 g/mol. The van der Waals surface area contributed by atoms with Crippen LogP contribution in [0.1, 0.15) is 57.8 Å². The van der Waals surface area contributed by atoms with Crippen molar-refractivity contribution in [3.8, 4) is 0 Å². The van der Waals surface area contributed by atoms with Crippen LogP contribution >= 0.6 is 11.8 Å². The topological polar surface area (TPSA) is 41.1 Å². The highest BCUT2D eigenvalue weighted by Crippen LogP contribution is 2.32. The van der Waals surface area contributed by atoms with Crippen LogP contribution in [0.2, 0.25) is 0 Å². The lowest BCUT2D eigenvalue weighted by molar-refractivity contribution is -0.123. The number of amides is 1. The lowest BCUT2D eigenvalue weighted by Crippen LogP contribution is -2.50. The number of thioether (sulfide) groups is 1. The molecule has 1 amide bonds. The molecule has 110 valence electrons. The highest BCUT2D eigenvalue weighted by molar-refractivity contribution is 7.99. The van der Waals surface area contributed by atoms with E-state index in [0.717, 1.165) is 19.3 Å². The van der Waals surface area contributed by atoms with Gasteiger partial charge in [0.05, 0.1) is 0 Å². The minimum atomic E-state index is 0.0653. The molecule has 2 unspecified atom stereocenters. The van der Waals surface area contributed by atoms with Crippen molar-refractivity contribution in [3.63, 3.8) is 0 Å². The molecule has 0 spiro atoms. The molecule has 0 heterocycles. The van der Waals surface area contributed by atoms with E-state index in [1.807, 2.05) is 18.8 Å². The van der Waals surface area contributed by atoms with Crippen LogP contribution in [0.3, 0.4) is 0 Å². The van der Waals surface area contributed by atoms with Gasteiger partial charge in [-0.3, -0.25) is 4.79 Å². The SMILES string of the molecule is CNC1(CC(=O)NC2CCCC2SC)CCCCC1. The molecular formula is C15H28N2OS. The number of hydrogen-bond acceptors (Lipinski definition) is 3. The van der Waals surface area contributed by atoms with Crippen LogP contribution < -0.4 is 10.6 Å². The lowest BCUT2D eigenvalue weighted by atomic mass is 9.79. The monoisotopic (exact) mass is 284 g/mol. The maximum Gasteiger partial charge on any atom is 0.222 e. The number of nitrogens with one attached hydrogen (secondary N) is 2. The smallest absolute Gasteiger partial charge is 0.222 e. The van der Waals surface area contributed by atoms with Gasteiger partial charge in [-0.2, -0.15) is 11.8 Å². The second-order valence-electron chi connectivity index (χ2n) is 6.15. The minimum absolute atomic E-state index is 0.0653. The third-order valence-corrected chi connectivity index (χ3v) is 6.11. The summed E-state index contributed by atoms with van der Waals surface area (Å²) in [5.41, 5.74) is 0.0653. The van der Waals surface area contributed by atoms with Crippen molar-refractivity contribution in [2.45, 2.75) is 74.6 Å². The van der Waals surface area contributed by atoms with Crippen LogP contribution in [0.15, 0.2) is 0 Å². The van der Waals surface area contributed by atoms with Crippen molar-refractivity contribution in [2.75, 3.05) is 13.3 Å². The molecule has 2 N–H and O–H groups in total. The standard InChI is InChI=1S/C15H28N2OS/c1-16-15(9-4-3-5-10-15)11-14(18)17-12-7-6-8-13(12)19-2/h12-13,16H,3-11H2,1-2H3,(H,17,18). The van der Waals surface area contributed by atoms with Gasteiger partial charge in [0.2, 0.25) is 5.91 Å². The Balaban J connectivity index is 1.85. The van der Waals surface area contributed by atoms with E-state index in [4.69, 9.17) is 0 Å². The molecule has 19 heavy (non-hydrogen) atoms. The number of rotatable bonds is 5. The van der Waals surface area contributed by atoms with Gasteiger partial charge in [-0.1, -0.05) is 25.7 Å². The van der Waals surface area contributed by atoms with E-state index in [2.05, 4.69) is 16.9 Å². The Labute approximate surface area is 121 Å².